The van der Waals surface area contributed by atoms with E-state index in [-0.39, 0.29) is 14.0 Å². The molecule has 19 heavy (non-hydrogen) atoms. The molecule has 0 bridgehead atoms. The summed E-state index contributed by atoms with van der Waals surface area (Å²) in [6.45, 7) is 4.41. The van der Waals surface area contributed by atoms with Crippen molar-refractivity contribution in [3.63, 3.8) is 0 Å². The molecule has 2 N–H and O–H groups in total. The van der Waals surface area contributed by atoms with Crippen LogP contribution in [0.25, 0.3) is 0 Å². The van der Waals surface area contributed by atoms with E-state index in [0.29, 0.717) is 5.92 Å². The minimum absolute atomic E-state index is 0.256. The van der Waals surface area contributed by atoms with Gasteiger partial charge < -0.3 is 5.73 Å². The zero-order chi connectivity index (χ0) is 13.7. The topological polar surface area (TPSA) is 26.0 Å². The number of hydrogen-bond acceptors (Lipinski definition) is 1. The minimum Gasteiger partial charge on any atom is -0.327 e. The van der Waals surface area contributed by atoms with E-state index in [2.05, 4.69) is 74.5 Å². The summed E-state index contributed by atoms with van der Waals surface area (Å²) in [5.41, 5.74) is 6.31. The fraction of sp³-hybridized carbons (Fsp3) is 0.294. The van der Waals surface area contributed by atoms with Gasteiger partial charge in [0.05, 0.1) is 0 Å². The molecule has 0 fully saturated rings. The maximum Gasteiger partial charge on any atom is 0.0107 e. The molecular weight excluding hydrogens is 249 g/mol. The molecule has 0 unspecified atom stereocenters. The van der Waals surface area contributed by atoms with Crippen LogP contribution in [-0.2, 0) is 0 Å². The van der Waals surface area contributed by atoms with Gasteiger partial charge in [0.15, 0.2) is 0 Å². The fourth-order valence-corrected chi connectivity index (χ4v) is 4.62. The molecule has 2 heteroatoms. The maximum atomic E-state index is 6.31. The highest BCUT2D eigenvalue weighted by molar-refractivity contribution is 7.73. The van der Waals surface area contributed by atoms with E-state index in [1.165, 1.54) is 10.6 Å². The van der Waals surface area contributed by atoms with Crippen LogP contribution >= 0.6 is 7.92 Å². The summed E-state index contributed by atoms with van der Waals surface area (Å²) < 4.78 is 0. The van der Waals surface area contributed by atoms with Gasteiger partial charge in [-0.1, -0.05) is 74.5 Å². The Morgan fingerprint density at radius 1 is 0.842 bits per heavy atom. The molecule has 2 rings (SSSR count). The standard InChI is InChI=1S/C17H22NP/c1-14(2)17(18)13-19(15-9-5-3-6-10-15)16-11-7-4-8-12-16/h3-12,14,17H,13,18H2,1-2H3/t17-/m1/s1. The maximum absolute atomic E-state index is 6.31. The van der Waals surface area contributed by atoms with E-state index in [1.54, 1.807) is 0 Å². The highest BCUT2D eigenvalue weighted by atomic mass is 31.1. The molecule has 2 aromatic carbocycles. The molecule has 0 aliphatic rings. The highest BCUT2D eigenvalue weighted by Crippen LogP contribution is 2.34. The van der Waals surface area contributed by atoms with Crippen molar-refractivity contribution in [3.8, 4) is 0 Å². The normalized spacial score (nSPS) is 12.9. The Labute approximate surface area is 117 Å². The van der Waals surface area contributed by atoms with Crippen molar-refractivity contribution in [3.05, 3.63) is 60.7 Å². The van der Waals surface area contributed by atoms with Crippen molar-refractivity contribution in [1.82, 2.24) is 0 Å². The number of hydrogen-bond donors (Lipinski definition) is 1. The van der Waals surface area contributed by atoms with Crippen LogP contribution in [0.3, 0.4) is 0 Å². The van der Waals surface area contributed by atoms with Crippen LogP contribution in [0, 0.1) is 5.92 Å². The van der Waals surface area contributed by atoms with Crippen molar-refractivity contribution in [1.29, 1.82) is 0 Å². The molecule has 0 aliphatic heterocycles. The van der Waals surface area contributed by atoms with Crippen molar-refractivity contribution in [2.45, 2.75) is 19.9 Å². The van der Waals surface area contributed by atoms with Gasteiger partial charge in [0.2, 0.25) is 0 Å². The van der Waals surface area contributed by atoms with Gasteiger partial charge in [-0.15, -0.1) is 0 Å². The summed E-state index contributed by atoms with van der Waals surface area (Å²) >= 11 is 0. The van der Waals surface area contributed by atoms with Crippen molar-refractivity contribution < 1.29 is 0 Å². The van der Waals surface area contributed by atoms with Gasteiger partial charge in [-0.05, 0) is 30.6 Å². The third kappa shape index (κ3) is 3.89. The van der Waals surface area contributed by atoms with E-state index in [4.69, 9.17) is 5.73 Å². The van der Waals surface area contributed by atoms with Crippen molar-refractivity contribution in [2.75, 3.05) is 6.16 Å². The second-order valence-electron chi connectivity index (χ2n) is 5.19. The lowest BCUT2D eigenvalue weighted by Gasteiger charge is -2.24. The number of nitrogens with two attached hydrogens (primary N) is 1. The molecule has 100 valence electrons. The fourth-order valence-electron chi connectivity index (χ4n) is 2.00. The zero-order valence-electron chi connectivity index (χ0n) is 11.7. The summed E-state index contributed by atoms with van der Waals surface area (Å²) in [5, 5.41) is 2.83. The summed E-state index contributed by atoms with van der Waals surface area (Å²) in [6.07, 6.45) is 1.06. The van der Waals surface area contributed by atoms with E-state index in [1.807, 2.05) is 0 Å². The Morgan fingerprint density at radius 2 is 1.26 bits per heavy atom. The molecule has 0 spiro atoms. The van der Waals surface area contributed by atoms with Crippen LogP contribution in [0.15, 0.2) is 60.7 Å². The van der Waals surface area contributed by atoms with E-state index < -0.39 is 0 Å². The average molecular weight is 271 g/mol. The SMILES string of the molecule is CC(C)[C@H](N)CP(c1ccccc1)c1ccccc1. The third-order valence-electron chi connectivity index (χ3n) is 3.39. The van der Waals surface area contributed by atoms with Crippen LogP contribution in [0.4, 0.5) is 0 Å². The minimum atomic E-state index is -0.348. The molecule has 0 saturated carbocycles. The van der Waals surface area contributed by atoms with Gasteiger partial charge in [-0.25, -0.2) is 0 Å². The molecule has 0 aromatic heterocycles. The van der Waals surface area contributed by atoms with Gasteiger partial charge in [-0.3, -0.25) is 0 Å². The summed E-state index contributed by atoms with van der Waals surface area (Å²) in [6, 6.07) is 21.8. The van der Waals surface area contributed by atoms with Crippen molar-refractivity contribution >= 4 is 18.5 Å². The summed E-state index contributed by atoms with van der Waals surface area (Å²) in [5.74, 6) is 0.525. The van der Waals surface area contributed by atoms with Crippen LogP contribution in [-0.4, -0.2) is 12.2 Å². The molecule has 0 amide bonds. The number of rotatable bonds is 5. The molecule has 2 aromatic rings. The Hall–Kier alpha value is -1.17. The van der Waals surface area contributed by atoms with Crippen LogP contribution < -0.4 is 16.3 Å². The van der Waals surface area contributed by atoms with Gasteiger partial charge in [-0.2, -0.15) is 0 Å². The summed E-state index contributed by atoms with van der Waals surface area (Å²) in [4.78, 5) is 0. The lowest BCUT2D eigenvalue weighted by Crippen LogP contribution is -2.32. The number of benzene rings is 2. The van der Waals surface area contributed by atoms with Gasteiger partial charge in [0, 0.05) is 6.04 Å². The van der Waals surface area contributed by atoms with Crippen LogP contribution in [0.5, 0.6) is 0 Å². The Kier molecular flexibility index (Phi) is 5.13. The van der Waals surface area contributed by atoms with E-state index in [0.717, 1.165) is 6.16 Å². The Balaban J connectivity index is 2.29. The zero-order valence-corrected chi connectivity index (χ0v) is 12.6. The van der Waals surface area contributed by atoms with Gasteiger partial charge in [0.25, 0.3) is 0 Å². The van der Waals surface area contributed by atoms with E-state index in [9.17, 15) is 0 Å². The highest BCUT2D eigenvalue weighted by Gasteiger charge is 2.18. The molecule has 0 heterocycles. The van der Waals surface area contributed by atoms with Crippen molar-refractivity contribution in [2.24, 2.45) is 11.7 Å². The molecule has 0 aliphatic carbocycles. The van der Waals surface area contributed by atoms with Gasteiger partial charge in [0.1, 0.15) is 0 Å². The quantitative estimate of drug-likeness (QED) is 0.831. The predicted molar refractivity (Wildman–Crippen MR) is 86.8 cm³/mol. The monoisotopic (exact) mass is 271 g/mol. The summed E-state index contributed by atoms with van der Waals surface area (Å²) in [7, 11) is -0.348. The Morgan fingerprint density at radius 3 is 1.63 bits per heavy atom. The Bertz CT molecular complexity index is 442. The first-order chi connectivity index (χ1) is 9.18. The van der Waals surface area contributed by atoms with E-state index >= 15 is 0 Å². The molecule has 1 atom stereocenters. The first kappa shape index (κ1) is 14.2. The molecular formula is C17H22NP. The van der Waals surface area contributed by atoms with Gasteiger partial charge >= 0.3 is 0 Å². The lowest BCUT2D eigenvalue weighted by molar-refractivity contribution is 0.534. The second kappa shape index (κ2) is 6.84. The first-order valence-electron chi connectivity index (χ1n) is 6.81. The first-order valence-corrected chi connectivity index (χ1v) is 8.34. The van der Waals surface area contributed by atoms with Crippen LogP contribution in [0.2, 0.25) is 0 Å². The molecule has 0 saturated heterocycles. The largest absolute Gasteiger partial charge is 0.327 e. The van der Waals surface area contributed by atoms with Crippen LogP contribution in [0.1, 0.15) is 13.8 Å². The lowest BCUT2D eigenvalue weighted by atomic mass is 10.1. The third-order valence-corrected chi connectivity index (χ3v) is 6.02. The molecule has 1 nitrogen and oxygen atoms in total. The predicted octanol–water partition coefficient (Wildman–Crippen LogP) is 3.10. The second-order valence-corrected chi connectivity index (χ2v) is 7.44. The molecule has 0 radical (unpaired) electrons. The average Bonchev–Trinajstić information content (AvgIpc) is 2.46. The smallest absolute Gasteiger partial charge is 0.0107 e.